The number of allylic oxidation sites excluding steroid dienone is 12. The lowest BCUT2D eigenvalue weighted by atomic mass is 10.0. The lowest BCUT2D eigenvalue weighted by Gasteiger charge is -2.26. The standard InChI is InChI=1S/C88H161NO8/c1-6-8-10-12-14-16-18-20-22-24-26-28-30-32-34-36-38-39-40-41-42-43-44-45-46-47-49-51-53-55-57-59-61-63-65-67-69-71-73-75-77-79-86(91)97-84(83-96-88(87(92)93)94-81-80-89(3,4)5)82-95-85(90)78-76-74-72-70-68-66-64-62-60-58-56-54-52-50-48-37-35-33-31-29-27-25-23-21-19-17-15-13-11-9-7-2/h8,10,14,16,19-22,25-28,84,88H,6-7,9,11-13,15,17-18,23-24,29-83H2,1-5H3/b10-8-,16-14-,21-19-,22-20-,27-25-,28-26-. The first kappa shape index (κ1) is 93.7. The smallest absolute Gasteiger partial charge is 0.306 e. The van der Waals surface area contributed by atoms with Crippen LogP contribution in [-0.4, -0.2) is 82.3 Å². The number of rotatable bonds is 79. The number of likely N-dealkylation sites (N-methyl/N-ethyl adjacent to an activating group) is 1. The second-order valence-electron chi connectivity index (χ2n) is 29.7. The minimum absolute atomic E-state index is 0.150. The summed E-state index contributed by atoms with van der Waals surface area (Å²) in [5.41, 5.74) is 0. The van der Waals surface area contributed by atoms with Crippen LogP contribution in [0.2, 0.25) is 0 Å². The number of aliphatic carboxylic acids is 1. The van der Waals surface area contributed by atoms with E-state index >= 15 is 0 Å². The lowest BCUT2D eigenvalue weighted by Crippen LogP contribution is -2.44. The molecule has 0 radical (unpaired) electrons. The molecule has 0 aromatic carbocycles. The van der Waals surface area contributed by atoms with E-state index in [0.29, 0.717) is 17.4 Å². The van der Waals surface area contributed by atoms with Crippen molar-refractivity contribution in [3.63, 3.8) is 0 Å². The minimum atomic E-state index is -1.62. The quantitative estimate of drug-likeness (QED) is 0.0195. The third-order valence-corrected chi connectivity index (χ3v) is 18.9. The van der Waals surface area contributed by atoms with E-state index in [1.807, 2.05) is 21.1 Å². The average Bonchev–Trinajstić information content (AvgIpc) is 3.27. The van der Waals surface area contributed by atoms with Gasteiger partial charge >= 0.3 is 11.9 Å². The number of esters is 2. The van der Waals surface area contributed by atoms with Gasteiger partial charge < -0.3 is 33.3 Å². The van der Waals surface area contributed by atoms with Gasteiger partial charge in [-0.25, -0.2) is 0 Å². The normalized spacial score (nSPS) is 13.0. The first-order chi connectivity index (χ1) is 47.6. The van der Waals surface area contributed by atoms with Gasteiger partial charge in [0.15, 0.2) is 12.4 Å². The van der Waals surface area contributed by atoms with Gasteiger partial charge in [0.25, 0.3) is 0 Å². The van der Waals surface area contributed by atoms with E-state index < -0.39 is 24.3 Å². The van der Waals surface area contributed by atoms with Crippen LogP contribution in [0, 0.1) is 0 Å². The maximum Gasteiger partial charge on any atom is 0.306 e. The van der Waals surface area contributed by atoms with Crippen molar-refractivity contribution < 1.29 is 42.9 Å². The van der Waals surface area contributed by atoms with Crippen LogP contribution in [0.4, 0.5) is 0 Å². The maximum atomic E-state index is 13.0. The number of carbonyl (C=O) groups excluding carboxylic acids is 3. The van der Waals surface area contributed by atoms with Gasteiger partial charge in [0.1, 0.15) is 13.2 Å². The SMILES string of the molecule is CC/C=C\C/C=C\C/C=C\C/C=C\CCCCCCCCCCCCCCCCCCCCCCCCCCCCCCC(=O)OC(COC(=O)CCCCCCCCCCCCCCCCCCCCC/C=C\C/C=C\CCCCCCC)COC(OCC[N+](C)(C)C)C(=O)[O-]. The molecule has 9 heteroatoms. The number of carbonyl (C=O) groups is 3. The van der Waals surface area contributed by atoms with Crippen molar-refractivity contribution in [3.05, 3.63) is 72.9 Å². The Morgan fingerprint density at radius 3 is 0.876 bits per heavy atom. The van der Waals surface area contributed by atoms with Crippen LogP contribution < -0.4 is 5.11 Å². The Kier molecular flexibility index (Phi) is 75.8. The second kappa shape index (κ2) is 78.4. The van der Waals surface area contributed by atoms with E-state index in [0.717, 1.165) is 70.6 Å². The molecule has 0 rings (SSSR count). The third-order valence-electron chi connectivity index (χ3n) is 18.9. The maximum absolute atomic E-state index is 13.0. The van der Waals surface area contributed by atoms with Crippen LogP contribution in [0.3, 0.4) is 0 Å². The van der Waals surface area contributed by atoms with E-state index in [9.17, 15) is 19.5 Å². The first-order valence-electron chi connectivity index (χ1n) is 42.1. The fraction of sp³-hybridized carbons (Fsp3) is 0.830. The topological polar surface area (TPSA) is 111 Å². The zero-order valence-corrected chi connectivity index (χ0v) is 65.0. The van der Waals surface area contributed by atoms with Crippen molar-refractivity contribution in [1.82, 2.24) is 0 Å². The van der Waals surface area contributed by atoms with E-state index in [1.54, 1.807) is 0 Å². The highest BCUT2D eigenvalue weighted by Gasteiger charge is 2.22. The third kappa shape index (κ3) is 79.9. The summed E-state index contributed by atoms with van der Waals surface area (Å²) in [6.07, 6.45) is 103. The molecule has 9 nitrogen and oxygen atoms in total. The van der Waals surface area contributed by atoms with Crippen LogP contribution >= 0.6 is 0 Å². The lowest BCUT2D eigenvalue weighted by molar-refractivity contribution is -0.870. The van der Waals surface area contributed by atoms with Gasteiger partial charge in [-0.15, -0.1) is 0 Å². The minimum Gasteiger partial charge on any atom is -0.545 e. The Bertz CT molecular complexity index is 1830. The Labute approximate surface area is 602 Å². The zero-order chi connectivity index (χ0) is 70.4. The van der Waals surface area contributed by atoms with Gasteiger partial charge in [0.2, 0.25) is 0 Å². The number of hydrogen-bond donors (Lipinski definition) is 0. The van der Waals surface area contributed by atoms with Gasteiger partial charge in [-0.05, 0) is 83.5 Å². The first-order valence-corrected chi connectivity index (χ1v) is 42.1. The van der Waals surface area contributed by atoms with Crippen molar-refractivity contribution in [2.24, 2.45) is 0 Å². The summed E-state index contributed by atoms with van der Waals surface area (Å²) in [5.74, 6) is -2.25. The molecular weight excluding hydrogens is 1200 g/mol. The predicted molar refractivity (Wildman–Crippen MR) is 417 cm³/mol. The van der Waals surface area contributed by atoms with Crippen LogP contribution in [-0.2, 0) is 33.3 Å². The number of carboxylic acid groups (broad SMARTS) is 1. The molecular formula is C88H161NO8. The van der Waals surface area contributed by atoms with E-state index in [2.05, 4.69) is 86.8 Å². The van der Waals surface area contributed by atoms with Gasteiger partial charge in [-0.1, -0.05) is 389 Å². The Balaban J connectivity index is 3.93. The molecule has 0 heterocycles. The number of nitrogens with zero attached hydrogens (tertiary/aromatic N) is 1. The predicted octanol–water partition coefficient (Wildman–Crippen LogP) is 25.8. The van der Waals surface area contributed by atoms with Gasteiger partial charge in [-0.3, -0.25) is 9.59 Å². The molecule has 2 atom stereocenters. The molecule has 0 fully saturated rings. The number of unbranched alkanes of at least 4 members (excludes halogenated alkanes) is 52. The van der Waals surface area contributed by atoms with Gasteiger partial charge in [0, 0.05) is 12.8 Å². The highest BCUT2D eigenvalue weighted by molar-refractivity contribution is 5.70. The van der Waals surface area contributed by atoms with Crippen LogP contribution in [0.1, 0.15) is 412 Å². The summed E-state index contributed by atoms with van der Waals surface area (Å²) in [4.78, 5) is 37.6. The zero-order valence-electron chi connectivity index (χ0n) is 65.0. The molecule has 0 saturated heterocycles. The van der Waals surface area contributed by atoms with Crippen molar-refractivity contribution in [2.75, 3.05) is 47.5 Å². The molecule has 0 aliphatic rings. The van der Waals surface area contributed by atoms with E-state index in [-0.39, 0.29) is 32.2 Å². The molecule has 0 aromatic rings. The molecule has 0 aliphatic carbocycles. The van der Waals surface area contributed by atoms with Gasteiger partial charge in [0.05, 0.1) is 40.3 Å². The summed E-state index contributed by atoms with van der Waals surface area (Å²) in [6.45, 7) is 4.69. The van der Waals surface area contributed by atoms with Crippen molar-refractivity contribution in [3.8, 4) is 0 Å². The molecule has 0 amide bonds. The van der Waals surface area contributed by atoms with Crippen molar-refractivity contribution in [1.29, 1.82) is 0 Å². The summed E-state index contributed by atoms with van der Waals surface area (Å²) >= 11 is 0. The Morgan fingerprint density at radius 2 is 0.588 bits per heavy atom. The average molecular weight is 1360 g/mol. The molecule has 0 N–H and O–H groups in total. The number of quaternary nitrogens is 1. The Hall–Kier alpha value is -3.27. The molecule has 0 bridgehead atoms. The number of carboxylic acids is 1. The fourth-order valence-electron chi connectivity index (χ4n) is 12.6. The fourth-order valence-corrected chi connectivity index (χ4v) is 12.6. The summed E-state index contributed by atoms with van der Waals surface area (Å²) < 4.78 is 22.9. The molecule has 566 valence electrons. The van der Waals surface area contributed by atoms with Crippen LogP contribution in [0.15, 0.2) is 72.9 Å². The number of ether oxygens (including phenoxy) is 4. The molecule has 0 aromatic heterocycles. The van der Waals surface area contributed by atoms with Crippen LogP contribution in [0.25, 0.3) is 0 Å². The molecule has 0 aliphatic heterocycles. The van der Waals surface area contributed by atoms with Crippen molar-refractivity contribution in [2.45, 2.75) is 424 Å². The van der Waals surface area contributed by atoms with Crippen LogP contribution in [0.5, 0.6) is 0 Å². The summed E-state index contributed by atoms with van der Waals surface area (Å²) in [7, 11) is 5.95. The van der Waals surface area contributed by atoms with Gasteiger partial charge in [-0.2, -0.15) is 0 Å². The number of hydrogen-bond acceptors (Lipinski definition) is 8. The van der Waals surface area contributed by atoms with Crippen molar-refractivity contribution >= 4 is 17.9 Å². The molecule has 2 unspecified atom stereocenters. The van der Waals surface area contributed by atoms with E-state index in [4.69, 9.17) is 18.9 Å². The largest absolute Gasteiger partial charge is 0.545 e. The molecule has 0 saturated carbocycles. The molecule has 97 heavy (non-hydrogen) atoms. The highest BCUT2D eigenvalue weighted by atomic mass is 16.7. The monoisotopic (exact) mass is 1360 g/mol. The Morgan fingerprint density at radius 1 is 0.320 bits per heavy atom. The highest BCUT2D eigenvalue weighted by Crippen LogP contribution is 2.20. The van der Waals surface area contributed by atoms with E-state index in [1.165, 1.54) is 315 Å². The summed E-state index contributed by atoms with van der Waals surface area (Å²) in [5, 5.41) is 11.9. The molecule has 0 spiro atoms. The summed E-state index contributed by atoms with van der Waals surface area (Å²) in [6, 6.07) is 0. The second-order valence-corrected chi connectivity index (χ2v) is 29.7.